The minimum absolute atomic E-state index is 0.186. The molecule has 3 aromatic rings. The number of imide groups is 1. The second kappa shape index (κ2) is 7.66. The third kappa shape index (κ3) is 3.74. The van der Waals surface area contributed by atoms with Crippen LogP contribution in [-0.4, -0.2) is 21.4 Å². The van der Waals surface area contributed by atoms with E-state index in [4.69, 9.17) is 11.6 Å². The van der Waals surface area contributed by atoms with Gasteiger partial charge in [-0.05, 0) is 54.1 Å². The second-order valence-electron chi connectivity index (χ2n) is 6.29. The van der Waals surface area contributed by atoms with E-state index >= 15 is 0 Å². The molecule has 0 aliphatic carbocycles. The molecule has 1 aromatic heterocycles. The molecule has 4 rings (SSSR count). The summed E-state index contributed by atoms with van der Waals surface area (Å²) in [6.07, 6.45) is 3.59. The summed E-state index contributed by atoms with van der Waals surface area (Å²) in [4.78, 5) is 26.2. The lowest BCUT2D eigenvalue weighted by Gasteiger charge is -2.11. The van der Waals surface area contributed by atoms with Crippen molar-refractivity contribution in [2.45, 2.75) is 6.54 Å². The van der Waals surface area contributed by atoms with E-state index in [-0.39, 0.29) is 18.1 Å². The molecule has 0 bridgehead atoms. The second-order valence-corrected chi connectivity index (χ2v) is 7.64. The molecular weight excluding hydrogens is 442 g/mol. The maximum absolute atomic E-state index is 12.7. The van der Waals surface area contributed by atoms with Crippen molar-refractivity contribution in [3.05, 3.63) is 93.3 Å². The van der Waals surface area contributed by atoms with Gasteiger partial charge in [0.05, 0.1) is 6.54 Å². The lowest BCUT2D eigenvalue weighted by atomic mass is 10.2. The Hall–Kier alpha value is -2.83. The van der Waals surface area contributed by atoms with E-state index in [0.29, 0.717) is 5.02 Å². The van der Waals surface area contributed by atoms with Crippen molar-refractivity contribution in [1.82, 2.24) is 14.8 Å². The molecule has 1 N–H and O–H groups in total. The van der Waals surface area contributed by atoms with Gasteiger partial charge in [-0.1, -0.05) is 45.7 Å². The van der Waals surface area contributed by atoms with Gasteiger partial charge in [-0.25, -0.2) is 4.79 Å². The highest BCUT2D eigenvalue weighted by Crippen LogP contribution is 2.22. The Morgan fingerprint density at radius 2 is 1.82 bits per heavy atom. The number of carbonyl (C=O) groups excluding carboxylic acids is 2. The number of rotatable bonds is 4. The molecule has 7 heteroatoms. The lowest BCUT2D eigenvalue weighted by molar-refractivity contribution is -0.123. The lowest BCUT2D eigenvalue weighted by Crippen LogP contribution is -2.30. The van der Waals surface area contributed by atoms with Crippen molar-refractivity contribution in [2.24, 2.45) is 0 Å². The molecule has 3 amide bonds. The Morgan fingerprint density at radius 1 is 1.04 bits per heavy atom. The molecule has 1 aliphatic heterocycles. The van der Waals surface area contributed by atoms with E-state index in [1.807, 2.05) is 47.2 Å². The molecule has 2 heterocycles. The molecule has 28 heavy (non-hydrogen) atoms. The summed E-state index contributed by atoms with van der Waals surface area (Å²) in [6, 6.07) is 18.2. The number of amides is 3. The number of nitrogens with zero attached hydrogens (tertiary/aromatic N) is 2. The van der Waals surface area contributed by atoms with Crippen LogP contribution < -0.4 is 5.32 Å². The summed E-state index contributed by atoms with van der Waals surface area (Å²) in [7, 11) is 0. The van der Waals surface area contributed by atoms with Gasteiger partial charge < -0.3 is 9.88 Å². The van der Waals surface area contributed by atoms with Gasteiger partial charge >= 0.3 is 6.03 Å². The van der Waals surface area contributed by atoms with E-state index in [0.717, 1.165) is 21.4 Å². The third-order valence-corrected chi connectivity index (χ3v) is 5.12. The Kier molecular flexibility index (Phi) is 5.07. The highest BCUT2D eigenvalue weighted by atomic mass is 79.9. The average Bonchev–Trinajstić information content (AvgIpc) is 3.24. The van der Waals surface area contributed by atoms with E-state index < -0.39 is 6.03 Å². The first-order valence-corrected chi connectivity index (χ1v) is 9.71. The number of hydrogen-bond acceptors (Lipinski definition) is 2. The van der Waals surface area contributed by atoms with Gasteiger partial charge in [-0.3, -0.25) is 9.69 Å². The Balaban J connectivity index is 1.60. The topological polar surface area (TPSA) is 54.3 Å². The van der Waals surface area contributed by atoms with E-state index in [1.54, 1.807) is 30.3 Å². The Bertz CT molecular complexity index is 1090. The third-order valence-electron chi connectivity index (χ3n) is 4.38. The minimum Gasteiger partial charge on any atom is -0.317 e. The fourth-order valence-corrected chi connectivity index (χ4v) is 3.52. The molecule has 0 saturated carbocycles. The van der Waals surface area contributed by atoms with Crippen molar-refractivity contribution >= 4 is 45.5 Å². The summed E-state index contributed by atoms with van der Waals surface area (Å²) in [6.45, 7) is 0.186. The van der Waals surface area contributed by atoms with Gasteiger partial charge in [0, 0.05) is 27.1 Å². The number of aromatic nitrogens is 1. The van der Waals surface area contributed by atoms with Crippen LogP contribution in [-0.2, 0) is 11.3 Å². The van der Waals surface area contributed by atoms with E-state index in [1.165, 1.54) is 4.90 Å². The molecule has 0 unspecified atom stereocenters. The van der Waals surface area contributed by atoms with Gasteiger partial charge in [0.2, 0.25) is 0 Å². The smallest absolute Gasteiger partial charge is 0.317 e. The zero-order valence-electron chi connectivity index (χ0n) is 14.6. The standard InChI is InChI=1S/C21H15BrClN3O2/c22-15-3-1-4-17(11-15)25-10-2-5-18(25)12-19-20(27)26(21(28)24-19)13-14-6-8-16(23)9-7-14/h1-12H,13H2,(H,24,28). The normalized spacial score (nSPS) is 15.4. The van der Waals surface area contributed by atoms with Crippen LogP contribution in [0.25, 0.3) is 11.8 Å². The highest BCUT2D eigenvalue weighted by molar-refractivity contribution is 9.10. The van der Waals surface area contributed by atoms with Crippen LogP contribution in [0.4, 0.5) is 4.79 Å². The zero-order chi connectivity index (χ0) is 19.7. The molecule has 1 saturated heterocycles. The fraction of sp³-hybridized carbons (Fsp3) is 0.0476. The van der Waals surface area contributed by atoms with Gasteiger partial charge in [-0.15, -0.1) is 0 Å². The minimum atomic E-state index is -0.438. The molecule has 0 radical (unpaired) electrons. The van der Waals surface area contributed by atoms with Crippen molar-refractivity contribution in [1.29, 1.82) is 0 Å². The number of hydrogen-bond donors (Lipinski definition) is 1. The zero-order valence-corrected chi connectivity index (χ0v) is 16.9. The summed E-state index contributed by atoms with van der Waals surface area (Å²) >= 11 is 9.36. The number of halogens is 2. The van der Waals surface area contributed by atoms with Crippen molar-refractivity contribution in [3.8, 4) is 5.69 Å². The molecular formula is C21H15BrClN3O2. The first-order valence-electron chi connectivity index (χ1n) is 8.53. The highest BCUT2D eigenvalue weighted by Gasteiger charge is 2.33. The fourth-order valence-electron chi connectivity index (χ4n) is 3.01. The SMILES string of the molecule is O=C1NC(=Cc2cccn2-c2cccc(Br)c2)C(=O)N1Cc1ccc(Cl)cc1. The van der Waals surface area contributed by atoms with Gasteiger partial charge in [0.1, 0.15) is 5.70 Å². The van der Waals surface area contributed by atoms with Crippen LogP contribution in [0.1, 0.15) is 11.3 Å². The van der Waals surface area contributed by atoms with Crippen LogP contribution >= 0.6 is 27.5 Å². The summed E-state index contributed by atoms with van der Waals surface area (Å²) < 4.78 is 2.90. The Labute approximate surface area is 175 Å². The molecule has 2 aromatic carbocycles. The number of benzene rings is 2. The summed E-state index contributed by atoms with van der Waals surface area (Å²) in [5.41, 5.74) is 2.80. The van der Waals surface area contributed by atoms with E-state index in [2.05, 4.69) is 21.2 Å². The van der Waals surface area contributed by atoms with Crippen LogP contribution in [0, 0.1) is 0 Å². The largest absolute Gasteiger partial charge is 0.329 e. The summed E-state index contributed by atoms with van der Waals surface area (Å²) in [5, 5.41) is 3.27. The first kappa shape index (κ1) is 18.5. The molecule has 5 nitrogen and oxygen atoms in total. The van der Waals surface area contributed by atoms with E-state index in [9.17, 15) is 9.59 Å². The predicted octanol–water partition coefficient (Wildman–Crippen LogP) is 4.99. The molecule has 140 valence electrons. The maximum Gasteiger partial charge on any atom is 0.329 e. The van der Waals surface area contributed by atoms with Crippen molar-refractivity contribution in [3.63, 3.8) is 0 Å². The monoisotopic (exact) mass is 455 g/mol. The van der Waals surface area contributed by atoms with Gasteiger partial charge in [0.25, 0.3) is 5.91 Å². The maximum atomic E-state index is 12.7. The van der Waals surface area contributed by atoms with Crippen LogP contribution in [0.3, 0.4) is 0 Å². The first-order chi connectivity index (χ1) is 13.5. The summed E-state index contributed by atoms with van der Waals surface area (Å²) in [5.74, 6) is -0.359. The van der Waals surface area contributed by atoms with Crippen molar-refractivity contribution in [2.75, 3.05) is 0 Å². The molecule has 1 fully saturated rings. The number of urea groups is 1. The van der Waals surface area contributed by atoms with Crippen LogP contribution in [0.5, 0.6) is 0 Å². The van der Waals surface area contributed by atoms with Gasteiger partial charge in [0.15, 0.2) is 0 Å². The molecule has 1 aliphatic rings. The van der Waals surface area contributed by atoms with Crippen molar-refractivity contribution < 1.29 is 9.59 Å². The average molecular weight is 457 g/mol. The number of carbonyl (C=O) groups is 2. The van der Waals surface area contributed by atoms with Gasteiger partial charge in [-0.2, -0.15) is 0 Å². The molecule has 0 spiro atoms. The van der Waals surface area contributed by atoms with Crippen LogP contribution in [0.15, 0.2) is 77.0 Å². The predicted molar refractivity (Wildman–Crippen MR) is 112 cm³/mol. The number of nitrogens with one attached hydrogen (secondary N) is 1. The quantitative estimate of drug-likeness (QED) is 0.444. The molecule has 0 atom stereocenters. The Morgan fingerprint density at radius 3 is 2.57 bits per heavy atom. The van der Waals surface area contributed by atoms with Crippen LogP contribution in [0.2, 0.25) is 5.02 Å².